The minimum atomic E-state index is -4.57. The Balaban J connectivity index is 4.60. The maximum atomic E-state index is 11.9. The zero-order valence-corrected chi connectivity index (χ0v) is 19.3. The van der Waals surface area contributed by atoms with Crippen LogP contribution in [0.4, 0.5) is 0 Å². The highest BCUT2D eigenvalue weighted by molar-refractivity contribution is 7.47. The molecule has 11 heteroatoms. The molecule has 0 bridgehead atoms. The van der Waals surface area contributed by atoms with E-state index in [1.165, 1.54) is 0 Å². The fourth-order valence-corrected chi connectivity index (χ4v) is 2.97. The lowest BCUT2D eigenvalue weighted by atomic mass is 10.2. The first kappa shape index (κ1) is 29.7. The second-order valence-electron chi connectivity index (χ2n) is 6.97. The Morgan fingerprint density at radius 3 is 2.29 bits per heavy atom. The molecule has 0 aliphatic heterocycles. The molecule has 0 radical (unpaired) electrons. The number of aliphatic hydroxyl groups excluding tert-OH is 2. The second-order valence-corrected chi connectivity index (χ2v) is 8.42. The number of phosphoric ester groups is 1. The van der Waals surface area contributed by atoms with Gasteiger partial charge in [-0.2, -0.15) is 0 Å². The van der Waals surface area contributed by atoms with Crippen LogP contribution in [-0.2, 0) is 32.7 Å². The number of hydrogen-bond donors (Lipinski definition) is 3. The first-order valence-corrected chi connectivity index (χ1v) is 12.1. The monoisotopic (exact) mass is 468 g/mol. The van der Waals surface area contributed by atoms with Crippen LogP contribution in [0, 0.1) is 0 Å². The van der Waals surface area contributed by atoms with Crippen molar-refractivity contribution in [2.24, 2.45) is 0 Å². The van der Waals surface area contributed by atoms with E-state index >= 15 is 0 Å². The summed E-state index contributed by atoms with van der Waals surface area (Å²) in [5.41, 5.74) is 0. The summed E-state index contributed by atoms with van der Waals surface area (Å²) in [7, 11) is -4.57. The Bertz CT molecular complexity index is 566. The van der Waals surface area contributed by atoms with Gasteiger partial charge in [0.05, 0.1) is 26.2 Å². The molecule has 0 rings (SSSR count). The summed E-state index contributed by atoms with van der Waals surface area (Å²) in [5, 5.41) is 17.9. The summed E-state index contributed by atoms with van der Waals surface area (Å²) in [4.78, 5) is 33.4. The summed E-state index contributed by atoms with van der Waals surface area (Å²) in [5.74, 6) is -1.08. The quantitative estimate of drug-likeness (QED) is 0.112. The van der Waals surface area contributed by atoms with Gasteiger partial charge >= 0.3 is 19.8 Å². The van der Waals surface area contributed by atoms with Gasteiger partial charge in [-0.15, -0.1) is 0 Å². The van der Waals surface area contributed by atoms with E-state index in [1.807, 2.05) is 13.0 Å². The van der Waals surface area contributed by atoms with E-state index in [2.05, 4.69) is 11.4 Å². The molecule has 0 aromatic heterocycles. The largest absolute Gasteiger partial charge is 0.472 e. The van der Waals surface area contributed by atoms with E-state index in [1.54, 1.807) is 6.08 Å². The molecule has 10 nitrogen and oxygen atoms in total. The number of unbranched alkanes of at least 4 members (excludes halogenated alkanes) is 4. The highest BCUT2D eigenvalue weighted by Gasteiger charge is 2.26. The van der Waals surface area contributed by atoms with Gasteiger partial charge in [-0.05, 0) is 19.3 Å². The van der Waals surface area contributed by atoms with Gasteiger partial charge in [-0.3, -0.25) is 18.6 Å². The van der Waals surface area contributed by atoms with E-state index in [9.17, 15) is 24.2 Å². The lowest BCUT2D eigenvalue weighted by Gasteiger charge is -2.20. The number of carbonyl (C=O) groups is 2. The summed E-state index contributed by atoms with van der Waals surface area (Å²) in [6, 6.07) is 0. The molecule has 0 spiro atoms. The molecule has 0 fully saturated rings. The van der Waals surface area contributed by atoms with Gasteiger partial charge in [0.25, 0.3) is 0 Å². The molecular formula is C20H37O10P. The second kappa shape index (κ2) is 18.3. The fourth-order valence-electron chi connectivity index (χ4n) is 2.18. The first-order valence-electron chi connectivity index (χ1n) is 10.6. The number of rotatable bonds is 19. The molecule has 0 amide bonds. The van der Waals surface area contributed by atoms with Crippen LogP contribution in [0.1, 0.15) is 65.2 Å². The number of aliphatic hydroxyl groups is 2. The molecule has 0 heterocycles. The zero-order valence-electron chi connectivity index (χ0n) is 18.4. The Hall–Kier alpha value is -1.29. The highest BCUT2D eigenvalue weighted by atomic mass is 31.2. The normalized spacial score (nSPS) is 15.4. The summed E-state index contributed by atoms with van der Waals surface area (Å²) >= 11 is 0. The van der Waals surface area contributed by atoms with Crippen LogP contribution in [0.3, 0.4) is 0 Å². The van der Waals surface area contributed by atoms with Crippen LogP contribution in [0.15, 0.2) is 12.2 Å². The van der Waals surface area contributed by atoms with E-state index in [0.717, 1.165) is 32.1 Å². The molecule has 0 saturated heterocycles. The van der Waals surface area contributed by atoms with E-state index in [0.29, 0.717) is 6.42 Å². The van der Waals surface area contributed by atoms with Gasteiger partial charge in [0.1, 0.15) is 12.7 Å². The van der Waals surface area contributed by atoms with Crippen molar-refractivity contribution in [3.8, 4) is 0 Å². The Labute approximate surface area is 184 Å². The first-order chi connectivity index (χ1) is 14.7. The minimum absolute atomic E-state index is 0.0597. The van der Waals surface area contributed by atoms with Crippen LogP contribution in [0.2, 0.25) is 0 Å². The third-order valence-electron chi connectivity index (χ3n) is 3.95. The molecule has 0 aliphatic carbocycles. The maximum Gasteiger partial charge on any atom is 0.472 e. The van der Waals surface area contributed by atoms with Crippen molar-refractivity contribution in [3.05, 3.63) is 12.2 Å². The highest BCUT2D eigenvalue weighted by Crippen LogP contribution is 2.43. The summed E-state index contributed by atoms with van der Waals surface area (Å²) in [6.45, 7) is 1.84. The molecule has 3 N–H and O–H groups in total. The average Bonchev–Trinajstić information content (AvgIpc) is 2.74. The molecule has 0 aromatic rings. The van der Waals surface area contributed by atoms with Gasteiger partial charge < -0.3 is 24.6 Å². The predicted octanol–water partition coefficient (Wildman–Crippen LogP) is 2.65. The number of allylic oxidation sites excluding steroid dienone is 1. The summed E-state index contributed by atoms with van der Waals surface area (Å²) in [6.07, 6.45) is 6.93. The van der Waals surface area contributed by atoms with Crippen LogP contribution >= 0.6 is 7.82 Å². The van der Waals surface area contributed by atoms with Crippen LogP contribution in [0.5, 0.6) is 0 Å². The van der Waals surface area contributed by atoms with Gasteiger partial charge in [0, 0.05) is 6.42 Å². The lowest BCUT2D eigenvalue weighted by Crippen LogP contribution is -2.29. The third-order valence-corrected chi connectivity index (χ3v) is 4.90. The van der Waals surface area contributed by atoms with Crippen molar-refractivity contribution in [2.45, 2.75) is 77.4 Å². The van der Waals surface area contributed by atoms with Gasteiger partial charge in [-0.1, -0.05) is 45.3 Å². The van der Waals surface area contributed by atoms with Crippen LogP contribution in [0.25, 0.3) is 0 Å². The van der Waals surface area contributed by atoms with Crippen molar-refractivity contribution < 1.29 is 47.8 Å². The molecule has 1 unspecified atom stereocenters. The molecule has 0 aromatic carbocycles. The SMILES string of the molecule is CCCCC/C=C\CC(=O)OC[C@H](COP(=O)(O)OC[C@@H](O)CO)OC(=O)CCCC. The molecule has 182 valence electrons. The van der Waals surface area contributed by atoms with Crippen molar-refractivity contribution in [1.29, 1.82) is 0 Å². The Morgan fingerprint density at radius 1 is 0.968 bits per heavy atom. The number of phosphoric acid groups is 1. The molecular weight excluding hydrogens is 431 g/mol. The zero-order chi connectivity index (χ0) is 23.5. The number of ether oxygens (including phenoxy) is 2. The topological polar surface area (TPSA) is 149 Å². The molecule has 0 saturated carbocycles. The van der Waals surface area contributed by atoms with E-state index < -0.39 is 51.8 Å². The van der Waals surface area contributed by atoms with Crippen molar-refractivity contribution >= 4 is 19.8 Å². The van der Waals surface area contributed by atoms with Crippen LogP contribution < -0.4 is 0 Å². The van der Waals surface area contributed by atoms with Gasteiger partial charge in [-0.25, -0.2) is 4.57 Å². The molecule has 31 heavy (non-hydrogen) atoms. The average molecular weight is 468 g/mol. The predicted molar refractivity (Wildman–Crippen MR) is 113 cm³/mol. The Morgan fingerprint density at radius 2 is 1.65 bits per heavy atom. The van der Waals surface area contributed by atoms with Crippen molar-refractivity contribution in [2.75, 3.05) is 26.4 Å². The molecule has 3 atom stereocenters. The fraction of sp³-hybridized carbons (Fsp3) is 0.800. The number of carbonyl (C=O) groups excluding carboxylic acids is 2. The maximum absolute atomic E-state index is 11.9. The lowest BCUT2D eigenvalue weighted by molar-refractivity contribution is -0.160. The van der Waals surface area contributed by atoms with E-state index in [-0.39, 0.29) is 19.4 Å². The van der Waals surface area contributed by atoms with Gasteiger partial charge in [0.2, 0.25) is 0 Å². The number of hydrogen-bond acceptors (Lipinski definition) is 9. The smallest absolute Gasteiger partial charge is 0.461 e. The molecule has 0 aliphatic rings. The standard InChI is InChI=1S/C20H37O10P/c1-3-5-7-8-9-10-12-19(23)27-15-18(30-20(24)11-6-4-2)16-29-31(25,26)28-14-17(22)13-21/h9-10,17-18,21-22H,3-8,11-16H2,1-2H3,(H,25,26)/b10-9-/t17-,18+/m0/s1. The number of esters is 2. The summed E-state index contributed by atoms with van der Waals surface area (Å²) < 4.78 is 31.4. The van der Waals surface area contributed by atoms with E-state index in [4.69, 9.17) is 19.1 Å². The Kier molecular flexibility index (Phi) is 17.5. The van der Waals surface area contributed by atoms with Crippen LogP contribution in [-0.4, -0.2) is 65.7 Å². The third kappa shape index (κ3) is 18.0. The minimum Gasteiger partial charge on any atom is -0.461 e. The van der Waals surface area contributed by atoms with Crippen molar-refractivity contribution in [1.82, 2.24) is 0 Å². The van der Waals surface area contributed by atoms with Crippen molar-refractivity contribution in [3.63, 3.8) is 0 Å². The van der Waals surface area contributed by atoms with Gasteiger partial charge in [0.15, 0.2) is 6.10 Å².